The van der Waals surface area contributed by atoms with Gasteiger partial charge in [0.2, 0.25) is 0 Å². The zero-order valence-corrected chi connectivity index (χ0v) is 5.29. The SMILES string of the molecule is COS(=O)[O-].[V]. The van der Waals surface area contributed by atoms with Crippen molar-refractivity contribution in [1.82, 2.24) is 0 Å². The van der Waals surface area contributed by atoms with Crippen LogP contribution in [0.4, 0.5) is 0 Å². The Bertz CT molecular complexity index is 46.1. The molecule has 0 aliphatic rings. The zero-order chi connectivity index (χ0) is 4.28. The van der Waals surface area contributed by atoms with E-state index in [-0.39, 0.29) is 18.6 Å². The van der Waals surface area contributed by atoms with Crippen molar-refractivity contribution in [3.63, 3.8) is 0 Å². The summed E-state index contributed by atoms with van der Waals surface area (Å²) in [6.07, 6.45) is 0. The second kappa shape index (κ2) is 5.65. The Kier molecular flexibility index (Phi) is 9.26. The topological polar surface area (TPSA) is 49.4 Å². The molecule has 0 spiro atoms. The number of hydrogen-bond donors (Lipinski definition) is 0. The van der Waals surface area contributed by atoms with Gasteiger partial charge in [-0.1, -0.05) is 0 Å². The smallest absolute Gasteiger partial charge is 0.0839 e. The van der Waals surface area contributed by atoms with Gasteiger partial charge >= 0.3 is 0 Å². The van der Waals surface area contributed by atoms with Gasteiger partial charge in [-0.3, -0.25) is 0 Å². The van der Waals surface area contributed by atoms with Gasteiger partial charge < -0.3 is 8.74 Å². The first-order valence-electron chi connectivity index (χ1n) is 0.908. The first-order chi connectivity index (χ1) is 2.27. The molecular weight excluding hydrogens is 143 g/mol. The molecule has 0 amide bonds. The van der Waals surface area contributed by atoms with Crippen LogP contribution in [0.15, 0.2) is 0 Å². The van der Waals surface area contributed by atoms with Gasteiger partial charge in [-0.15, -0.1) is 0 Å². The van der Waals surface area contributed by atoms with Crippen molar-refractivity contribution in [3.8, 4) is 0 Å². The van der Waals surface area contributed by atoms with E-state index in [0.29, 0.717) is 0 Å². The Morgan fingerprint density at radius 3 is 2.00 bits per heavy atom. The maximum atomic E-state index is 9.15. The van der Waals surface area contributed by atoms with Crippen molar-refractivity contribution in [2.24, 2.45) is 0 Å². The molecule has 0 heterocycles. The summed E-state index contributed by atoms with van der Waals surface area (Å²) in [5, 5.41) is 0. The first-order valence-corrected chi connectivity index (χ1v) is 1.91. The third-order valence-electron chi connectivity index (χ3n) is 0.136. The largest absolute Gasteiger partial charge is 0.750 e. The zero-order valence-electron chi connectivity index (χ0n) is 3.08. The van der Waals surface area contributed by atoms with Gasteiger partial charge in [0.05, 0.1) is 18.5 Å². The van der Waals surface area contributed by atoms with Gasteiger partial charge in [-0.05, 0) is 0 Å². The van der Waals surface area contributed by atoms with E-state index < -0.39 is 11.4 Å². The Hall–Kier alpha value is 0.654. The molecule has 0 fully saturated rings. The van der Waals surface area contributed by atoms with Gasteiger partial charge in [-0.2, -0.15) is 0 Å². The third-order valence-corrected chi connectivity index (χ3v) is 0.408. The fourth-order valence-corrected chi connectivity index (χ4v) is 0. The summed E-state index contributed by atoms with van der Waals surface area (Å²) < 4.78 is 22.0. The molecule has 0 aromatic rings. The van der Waals surface area contributed by atoms with Crippen molar-refractivity contribution in [3.05, 3.63) is 0 Å². The molecule has 0 aliphatic heterocycles. The molecular formula is CH3O3SV-. The van der Waals surface area contributed by atoms with Gasteiger partial charge in [0.25, 0.3) is 0 Å². The number of rotatable bonds is 1. The first kappa shape index (κ1) is 9.82. The fraction of sp³-hybridized carbons (Fsp3) is 1.00. The Balaban J connectivity index is 0. The average Bonchev–Trinajstić information content (AvgIpc) is 1.38. The van der Waals surface area contributed by atoms with Crippen LogP contribution >= 0.6 is 0 Å². The quantitative estimate of drug-likeness (QED) is 0.465. The van der Waals surface area contributed by atoms with Crippen molar-refractivity contribution in [1.29, 1.82) is 0 Å². The summed E-state index contributed by atoms with van der Waals surface area (Å²) in [6, 6.07) is 0. The minimum atomic E-state index is -2.32. The molecule has 5 heteroatoms. The second-order valence-electron chi connectivity index (χ2n) is 0.371. The molecule has 0 aromatic carbocycles. The van der Waals surface area contributed by atoms with Crippen LogP contribution in [0.5, 0.6) is 0 Å². The predicted octanol–water partition coefficient (Wildman–Crippen LogP) is -0.576. The maximum Gasteiger partial charge on any atom is 0.0839 e. The summed E-state index contributed by atoms with van der Waals surface area (Å²) in [5.74, 6) is 0. The molecule has 1 radical (unpaired) electrons. The van der Waals surface area contributed by atoms with E-state index >= 15 is 0 Å². The molecule has 0 saturated heterocycles. The molecule has 0 bridgehead atoms. The van der Waals surface area contributed by atoms with E-state index in [1.165, 1.54) is 0 Å². The van der Waals surface area contributed by atoms with E-state index in [0.717, 1.165) is 7.11 Å². The van der Waals surface area contributed by atoms with Crippen LogP contribution < -0.4 is 0 Å². The van der Waals surface area contributed by atoms with E-state index in [1.54, 1.807) is 0 Å². The van der Waals surface area contributed by atoms with Crippen LogP contribution in [0.1, 0.15) is 0 Å². The molecule has 3 nitrogen and oxygen atoms in total. The minimum absolute atomic E-state index is 0. The summed E-state index contributed by atoms with van der Waals surface area (Å²) in [4.78, 5) is 0. The van der Waals surface area contributed by atoms with Crippen molar-refractivity contribution in [2.75, 3.05) is 7.11 Å². The van der Waals surface area contributed by atoms with Crippen LogP contribution in [-0.2, 0) is 34.1 Å². The molecule has 0 aliphatic carbocycles. The Labute approximate surface area is 50.4 Å². The van der Waals surface area contributed by atoms with Crippen LogP contribution in [0, 0.1) is 0 Å². The fourth-order valence-electron chi connectivity index (χ4n) is 0. The summed E-state index contributed by atoms with van der Waals surface area (Å²) in [7, 11) is 1.09. The normalized spacial score (nSPS) is 12.3. The Morgan fingerprint density at radius 1 is 1.83 bits per heavy atom. The maximum absolute atomic E-state index is 9.15. The molecule has 0 rings (SSSR count). The van der Waals surface area contributed by atoms with E-state index in [9.17, 15) is 0 Å². The average molecular weight is 146 g/mol. The van der Waals surface area contributed by atoms with Gasteiger partial charge in [0.15, 0.2) is 0 Å². The monoisotopic (exact) mass is 146 g/mol. The van der Waals surface area contributed by atoms with E-state index in [4.69, 9.17) is 8.76 Å². The van der Waals surface area contributed by atoms with E-state index in [1.807, 2.05) is 0 Å². The standard InChI is InChI=1S/CH4O3S.V/c1-4-5(2)3;/h1H3,(H,2,3);/p-1. The van der Waals surface area contributed by atoms with Crippen LogP contribution in [-0.4, -0.2) is 15.9 Å². The van der Waals surface area contributed by atoms with Crippen LogP contribution in [0.25, 0.3) is 0 Å². The van der Waals surface area contributed by atoms with Crippen LogP contribution in [0.2, 0.25) is 0 Å². The second-order valence-corrected chi connectivity index (χ2v) is 1.11. The molecule has 1 atom stereocenters. The van der Waals surface area contributed by atoms with Gasteiger partial charge in [-0.25, -0.2) is 4.21 Å². The van der Waals surface area contributed by atoms with Crippen molar-refractivity contribution < 1.29 is 31.5 Å². The Morgan fingerprint density at radius 2 is 2.00 bits per heavy atom. The summed E-state index contributed by atoms with van der Waals surface area (Å²) in [5.41, 5.74) is 0. The minimum Gasteiger partial charge on any atom is -0.750 e. The molecule has 0 aromatic heterocycles. The van der Waals surface area contributed by atoms with Crippen molar-refractivity contribution >= 4 is 11.4 Å². The van der Waals surface area contributed by atoms with Crippen molar-refractivity contribution in [2.45, 2.75) is 0 Å². The molecule has 6 heavy (non-hydrogen) atoms. The predicted molar refractivity (Wildman–Crippen MR) is 15.9 cm³/mol. The van der Waals surface area contributed by atoms with Gasteiger partial charge in [0.1, 0.15) is 0 Å². The molecule has 37 valence electrons. The number of hydrogen-bond acceptors (Lipinski definition) is 3. The third kappa shape index (κ3) is 8.82. The molecule has 1 unspecified atom stereocenters. The summed E-state index contributed by atoms with van der Waals surface area (Å²) >= 11 is -2.32. The van der Waals surface area contributed by atoms with E-state index in [2.05, 4.69) is 4.18 Å². The molecule has 0 N–H and O–H groups in total. The van der Waals surface area contributed by atoms with Gasteiger partial charge in [0, 0.05) is 18.6 Å². The molecule has 0 saturated carbocycles. The van der Waals surface area contributed by atoms with Crippen LogP contribution in [0.3, 0.4) is 0 Å². The summed E-state index contributed by atoms with van der Waals surface area (Å²) in [6.45, 7) is 0.